The second-order valence-corrected chi connectivity index (χ2v) is 8.21. The SMILES string of the molecule is CC(=O)N1CCN(C(=O)NC2CCC(C(=O)O)CC2)CC12CCCCC2. The number of nitrogens with one attached hydrogen (secondary N) is 1. The lowest BCUT2D eigenvalue weighted by atomic mass is 9.78. The van der Waals surface area contributed by atoms with Crippen molar-refractivity contribution in [2.24, 2.45) is 5.92 Å². The van der Waals surface area contributed by atoms with Crippen molar-refractivity contribution < 1.29 is 19.5 Å². The maximum Gasteiger partial charge on any atom is 0.317 e. The average Bonchev–Trinajstić information content (AvgIpc) is 2.62. The van der Waals surface area contributed by atoms with E-state index >= 15 is 0 Å². The third kappa shape index (κ3) is 3.96. The Morgan fingerprint density at radius 1 is 1.00 bits per heavy atom. The normalized spacial score (nSPS) is 28.7. The van der Waals surface area contributed by atoms with Gasteiger partial charge < -0.3 is 20.2 Å². The molecule has 7 nitrogen and oxygen atoms in total. The lowest BCUT2D eigenvalue weighted by Crippen LogP contribution is -2.66. The first-order chi connectivity index (χ1) is 12.4. The molecule has 1 aliphatic heterocycles. The van der Waals surface area contributed by atoms with Crippen LogP contribution in [0.1, 0.15) is 64.7 Å². The molecule has 0 unspecified atom stereocenters. The van der Waals surface area contributed by atoms with Crippen LogP contribution in [0.5, 0.6) is 0 Å². The molecule has 0 aromatic rings. The Bertz CT molecular complexity index is 551. The van der Waals surface area contributed by atoms with Crippen LogP contribution in [-0.2, 0) is 9.59 Å². The van der Waals surface area contributed by atoms with E-state index in [9.17, 15) is 14.4 Å². The van der Waals surface area contributed by atoms with E-state index in [1.165, 1.54) is 6.42 Å². The number of amides is 3. The molecule has 3 rings (SSSR count). The van der Waals surface area contributed by atoms with Gasteiger partial charge in [-0.05, 0) is 38.5 Å². The zero-order chi connectivity index (χ0) is 18.7. The number of nitrogens with zero attached hydrogens (tertiary/aromatic N) is 2. The fourth-order valence-corrected chi connectivity index (χ4v) is 5.03. The van der Waals surface area contributed by atoms with Crippen molar-refractivity contribution in [3.63, 3.8) is 0 Å². The van der Waals surface area contributed by atoms with E-state index in [0.717, 1.165) is 38.5 Å². The van der Waals surface area contributed by atoms with Gasteiger partial charge in [-0.25, -0.2) is 4.79 Å². The van der Waals surface area contributed by atoms with Gasteiger partial charge in [0.25, 0.3) is 0 Å². The summed E-state index contributed by atoms with van der Waals surface area (Å²) in [4.78, 5) is 39.8. The van der Waals surface area contributed by atoms with Gasteiger partial charge >= 0.3 is 12.0 Å². The van der Waals surface area contributed by atoms with E-state index in [1.54, 1.807) is 6.92 Å². The highest BCUT2D eigenvalue weighted by Gasteiger charge is 2.45. The average molecular weight is 365 g/mol. The topological polar surface area (TPSA) is 90.0 Å². The van der Waals surface area contributed by atoms with Crippen LogP contribution in [-0.4, -0.2) is 64.0 Å². The molecule has 146 valence electrons. The molecular weight excluding hydrogens is 334 g/mol. The standard InChI is InChI=1S/C19H31N3O4/c1-14(23)22-12-11-21(13-19(22)9-3-2-4-10-19)18(26)20-16-7-5-15(6-8-16)17(24)25/h15-16H,2-13H2,1H3,(H,20,26)(H,24,25). The van der Waals surface area contributed by atoms with Gasteiger partial charge in [0, 0.05) is 32.6 Å². The maximum atomic E-state index is 12.8. The number of carboxylic acids is 1. The minimum Gasteiger partial charge on any atom is -0.481 e. The molecule has 0 atom stereocenters. The lowest BCUT2D eigenvalue weighted by Gasteiger charge is -2.52. The Kier molecular flexibility index (Phi) is 5.73. The second-order valence-electron chi connectivity index (χ2n) is 8.21. The minimum absolute atomic E-state index is 0.0584. The van der Waals surface area contributed by atoms with Crippen LogP contribution >= 0.6 is 0 Å². The van der Waals surface area contributed by atoms with Gasteiger partial charge in [0.1, 0.15) is 0 Å². The van der Waals surface area contributed by atoms with Crippen molar-refractivity contribution >= 4 is 17.9 Å². The number of carbonyl (C=O) groups is 3. The molecule has 2 aliphatic carbocycles. The van der Waals surface area contributed by atoms with E-state index < -0.39 is 5.97 Å². The summed E-state index contributed by atoms with van der Waals surface area (Å²) in [6.07, 6.45) is 8.07. The Balaban J connectivity index is 1.58. The molecule has 3 fully saturated rings. The largest absolute Gasteiger partial charge is 0.481 e. The molecular formula is C19H31N3O4. The quantitative estimate of drug-likeness (QED) is 0.785. The molecule has 26 heavy (non-hydrogen) atoms. The fraction of sp³-hybridized carbons (Fsp3) is 0.842. The molecule has 0 aromatic heterocycles. The Morgan fingerprint density at radius 2 is 1.65 bits per heavy atom. The number of piperazine rings is 1. The van der Waals surface area contributed by atoms with E-state index in [-0.39, 0.29) is 29.4 Å². The predicted octanol–water partition coefficient (Wildman–Crippen LogP) is 2.21. The zero-order valence-corrected chi connectivity index (χ0v) is 15.7. The van der Waals surface area contributed by atoms with Crippen molar-refractivity contribution in [1.29, 1.82) is 0 Å². The highest BCUT2D eigenvalue weighted by atomic mass is 16.4. The predicted molar refractivity (Wildman–Crippen MR) is 96.7 cm³/mol. The summed E-state index contributed by atoms with van der Waals surface area (Å²) in [5.41, 5.74) is -0.194. The van der Waals surface area contributed by atoms with Gasteiger partial charge in [-0.3, -0.25) is 9.59 Å². The molecule has 2 saturated carbocycles. The molecule has 0 radical (unpaired) electrons. The summed E-state index contributed by atoms with van der Waals surface area (Å²) in [5, 5.41) is 12.2. The maximum absolute atomic E-state index is 12.8. The first-order valence-corrected chi connectivity index (χ1v) is 9.98. The molecule has 3 aliphatic rings. The fourth-order valence-electron chi connectivity index (χ4n) is 5.03. The third-order valence-corrected chi connectivity index (χ3v) is 6.51. The Morgan fingerprint density at radius 3 is 2.23 bits per heavy atom. The van der Waals surface area contributed by atoms with E-state index in [4.69, 9.17) is 5.11 Å². The Labute approximate surface area is 155 Å². The number of urea groups is 1. The van der Waals surface area contributed by atoms with Crippen molar-refractivity contribution in [2.45, 2.75) is 76.3 Å². The summed E-state index contributed by atoms with van der Waals surface area (Å²) in [7, 11) is 0. The van der Waals surface area contributed by atoms with Gasteiger partial charge in [0.05, 0.1) is 11.5 Å². The first-order valence-electron chi connectivity index (χ1n) is 9.98. The smallest absolute Gasteiger partial charge is 0.317 e. The zero-order valence-electron chi connectivity index (χ0n) is 15.7. The van der Waals surface area contributed by atoms with E-state index in [2.05, 4.69) is 5.32 Å². The van der Waals surface area contributed by atoms with Crippen molar-refractivity contribution in [2.75, 3.05) is 19.6 Å². The van der Waals surface area contributed by atoms with Crippen LogP contribution in [0.4, 0.5) is 4.79 Å². The van der Waals surface area contributed by atoms with Crippen LogP contribution < -0.4 is 5.32 Å². The van der Waals surface area contributed by atoms with Gasteiger partial charge in [0.15, 0.2) is 0 Å². The van der Waals surface area contributed by atoms with Crippen LogP contribution in [0.2, 0.25) is 0 Å². The van der Waals surface area contributed by atoms with Gasteiger partial charge in [0.2, 0.25) is 5.91 Å². The van der Waals surface area contributed by atoms with Crippen LogP contribution in [0.25, 0.3) is 0 Å². The summed E-state index contributed by atoms with van der Waals surface area (Å²) in [6.45, 7) is 3.42. The highest BCUT2D eigenvalue weighted by Crippen LogP contribution is 2.36. The van der Waals surface area contributed by atoms with Crippen molar-refractivity contribution in [1.82, 2.24) is 15.1 Å². The molecule has 1 heterocycles. The van der Waals surface area contributed by atoms with Crippen LogP contribution in [0.15, 0.2) is 0 Å². The number of hydrogen-bond acceptors (Lipinski definition) is 3. The number of carboxylic acid groups (broad SMARTS) is 1. The monoisotopic (exact) mass is 365 g/mol. The molecule has 0 bridgehead atoms. The molecule has 1 saturated heterocycles. The number of rotatable bonds is 2. The van der Waals surface area contributed by atoms with E-state index in [1.807, 2.05) is 9.80 Å². The summed E-state index contributed by atoms with van der Waals surface area (Å²) >= 11 is 0. The van der Waals surface area contributed by atoms with Gasteiger partial charge in [-0.2, -0.15) is 0 Å². The first kappa shape index (κ1) is 19.0. The molecule has 3 amide bonds. The van der Waals surface area contributed by atoms with Crippen molar-refractivity contribution in [3.8, 4) is 0 Å². The van der Waals surface area contributed by atoms with Crippen molar-refractivity contribution in [3.05, 3.63) is 0 Å². The van der Waals surface area contributed by atoms with E-state index in [0.29, 0.717) is 32.5 Å². The molecule has 7 heteroatoms. The minimum atomic E-state index is -0.727. The third-order valence-electron chi connectivity index (χ3n) is 6.51. The number of aliphatic carboxylic acids is 1. The molecule has 2 N–H and O–H groups in total. The highest BCUT2D eigenvalue weighted by molar-refractivity contribution is 5.77. The summed E-state index contributed by atoms with van der Waals surface area (Å²) in [5.74, 6) is -0.888. The van der Waals surface area contributed by atoms with Crippen LogP contribution in [0, 0.1) is 5.92 Å². The number of carbonyl (C=O) groups excluding carboxylic acids is 2. The second kappa shape index (κ2) is 7.84. The van der Waals surface area contributed by atoms with Gasteiger partial charge in [-0.15, -0.1) is 0 Å². The summed E-state index contributed by atoms with van der Waals surface area (Å²) in [6, 6.07) is 0.00293. The van der Waals surface area contributed by atoms with Crippen LogP contribution in [0.3, 0.4) is 0 Å². The number of hydrogen-bond donors (Lipinski definition) is 2. The lowest BCUT2D eigenvalue weighted by molar-refractivity contribution is -0.143. The van der Waals surface area contributed by atoms with Gasteiger partial charge in [-0.1, -0.05) is 19.3 Å². The summed E-state index contributed by atoms with van der Waals surface area (Å²) < 4.78 is 0. The Hall–Kier alpha value is -1.79. The molecule has 1 spiro atoms. The molecule has 0 aromatic carbocycles.